The highest BCUT2D eigenvalue weighted by atomic mass is 32.2. The minimum Gasteiger partial charge on any atom is -0.351 e. The Bertz CT molecular complexity index is 1110. The van der Waals surface area contributed by atoms with Gasteiger partial charge in [-0.1, -0.05) is 60.7 Å². The zero-order valence-electron chi connectivity index (χ0n) is 18.2. The van der Waals surface area contributed by atoms with Gasteiger partial charge in [-0.3, -0.25) is 14.5 Å². The molecule has 1 atom stereocenters. The van der Waals surface area contributed by atoms with Crippen molar-refractivity contribution in [3.05, 3.63) is 71.8 Å². The molecule has 0 aromatic heterocycles. The van der Waals surface area contributed by atoms with Crippen LogP contribution in [0, 0.1) is 0 Å². The molecule has 2 fully saturated rings. The van der Waals surface area contributed by atoms with E-state index in [2.05, 4.69) is 10.6 Å². The van der Waals surface area contributed by atoms with E-state index in [-0.39, 0.29) is 30.6 Å². The number of hydrogen-bond acceptors (Lipinski definition) is 6. The molecule has 0 radical (unpaired) electrons. The normalized spacial score (nSPS) is 21.3. The molecule has 0 saturated carbocycles. The van der Waals surface area contributed by atoms with Gasteiger partial charge in [0.25, 0.3) is 5.91 Å². The van der Waals surface area contributed by atoms with Crippen molar-refractivity contribution < 1.29 is 22.8 Å². The van der Waals surface area contributed by atoms with Crippen molar-refractivity contribution in [3.8, 4) is 0 Å². The molecule has 10 heteroatoms. The molecule has 4 rings (SSSR count). The summed E-state index contributed by atoms with van der Waals surface area (Å²) in [6.45, 7) is -0.181. The third kappa shape index (κ3) is 4.62. The summed E-state index contributed by atoms with van der Waals surface area (Å²) in [5.74, 6) is -0.785. The molecule has 174 valence electrons. The largest absolute Gasteiger partial charge is 0.351 e. The van der Waals surface area contributed by atoms with E-state index < -0.39 is 33.4 Å². The quantitative estimate of drug-likeness (QED) is 0.575. The first-order valence-electron chi connectivity index (χ1n) is 10.6. The van der Waals surface area contributed by atoms with Crippen LogP contribution in [0.3, 0.4) is 0 Å². The van der Waals surface area contributed by atoms with E-state index in [9.17, 15) is 22.8 Å². The van der Waals surface area contributed by atoms with E-state index in [4.69, 9.17) is 0 Å². The molecule has 2 aliphatic heterocycles. The van der Waals surface area contributed by atoms with Crippen LogP contribution in [0.4, 0.5) is 4.79 Å². The van der Waals surface area contributed by atoms with E-state index in [1.807, 2.05) is 36.4 Å². The van der Waals surface area contributed by atoms with Crippen LogP contribution >= 0.6 is 0 Å². The van der Waals surface area contributed by atoms with Gasteiger partial charge in [-0.25, -0.2) is 18.1 Å². The van der Waals surface area contributed by atoms with Crippen molar-refractivity contribution >= 4 is 27.7 Å². The van der Waals surface area contributed by atoms with Crippen LogP contribution < -0.4 is 10.6 Å². The molecular weight excluding hydrogens is 444 g/mol. The van der Waals surface area contributed by atoms with E-state index in [1.54, 1.807) is 36.2 Å². The molecule has 2 saturated heterocycles. The Hall–Kier alpha value is -3.24. The van der Waals surface area contributed by atoms with Gasteiger partial charge in [0.05, 0.1) is 24.7 Å². The number of carbonyl (C=O) groups is 3. The molecule has 2 aromatic rings. The second-order valence-corrected chi connectivity index (χ2v) is 10.7. The average molecular weight is 471 g/mol. The molecule has 2 N–H and O–H groups in total. The summed E-state index contributed by atoms with van der Waals surface area (Å²) in [6, 6.07) is 17.1. The lowest BCUT2D eigenvalue weighted by Crippen LogP contribution is -2.47. The monoisotopic (exact) mass is 470 g/mol. The zero-order valence-corrected chi connectivity index (χ0v) is 19.0. The summed E-state index contributed by atoms with van der Waals surface area (Å²) in [6.07, 6.45) is 0.390. The minimum atomic E-state index is -3.10. The van der Waals surface area contributed by atoms with Gasteiger partial charge in [-0.15, -0.1) is 0 Å². The SMILES string of the molecule is CN(CC(=O)NC1CCS(=O)(=O)C1)CN1C(=O)NC(c2ccccc2)(c2ccccc2)C1=O. The van der Waals surface area contributed by atoms with Gasteiger partial charge in [0, 0.05) is 6.04 Å². The Morgan fingerprint density at radius 1 is 1.09 bits per heavy atom. The number of imide groups is 1. The number of sulfone groups is 1. The van der Waals surface area contributed by atoms with E-state index in [1.165, 1.54) is 0 Å². The standard InChI is InChI=1S/C23H26N4O5S/c1-26(14-20(28)24-19-12-13-33(31,32)15-19)16-27-21(29)23(25-22(27)30,17-8-4-2-5-9-17)18-10-6-3-7-11-18/h2-11,19H,12-16H2,1H3,(H,24,28)(H,25,30). The highest BCUT2D eigenvalue weighted by Gasteiger charge is 2.53. The second-order valence-electron chi connectivity index (χ2n) is 8.47. The Morgan fingerprint density at radius 2 is 1.67 bits per heavy atom. The Balaban J connectivity index is 1.49. The van der Waals surface area contributed by atoms with E-state index >= 15 is 0 Å². The molecule has 4 amide bonds. The number of rotatable bonds is 7. The summed E-state index contributed by atoms with van der Waals surface area (Å²) in [4.78, 5) is 41.6. The Kier molecular flexibility index (Phi) is 6.22. The lowest BCUT2D eigenvalue weighted by Gasteiger charge is -2.28. The molecule has 1 unspecified atom stereocenters. The van der Waals surface area contributed by atoms with Crippen LogP contribution in [0.15, 0.2) is 60.7 Å². The summed E-state index contributed by atoms with van der Waals surface area (Å²) in [5, 5.41) is 5.59. The molecule has 0 spiro atoms. The highest BCUT2D eigenvalue weighted by molar-refractivity contribution is 7.91. The highest BCUT2D eigenvalue weighted by Crippen LogP contribution is 2.35. The minimum absolute atomic E-state index is 0.0634. The van der Waals surface area contributed by atoms with Crippen molar-refractivity contribution in [1.82, 2.24) is 20.4 Å². The molecule has 2 aliphatic rings. The second kappa shape index (κ2) is 8.95. The summed E-state index contributed by atoms with van der Waals surface area (Å²) < 4.78 is 23.2. The van der Waals surface area contributed by atoms with Crippen LogP contribution in [0.5, 0.6) is 0 Å². The van der Waals surface area contributed by atoms with Crippen LogP contribution in [-0.4, -0.2) is 73.9 Å². The number of urea groups is 1. The predicted molar refractivity (Wildman–Crippen MR) is 122 cm³/mol. The molecule has 2 aromatic carbocycles. The van der Waals surface area contributed by atoms with Crippen molar-refractivity contribution in [2.75, 3.05) is 31.8 Å². The molecule has 33 heavy (non-hydrogen) atoms. The maximum absolute atomic E-state index is 13.7. The molecule has 0 aliphatic carbocycles. The van der Waals surface area contributed by atoms with Gasteiger partial charge in [0.1, 0.15) is 0 Å². The van der Waals surface area contributed by atoms with Crippen molar-refractivity contribution in [3.63, 3.8) is 0 Å². The first-order valence-corrected chi connectivity index (χ1v) is 12.5. The fraction of sp³-hybridized carbons (Fsp3) is 0.348. The number of likely N-dealkylation sites (N-methyl/N-ethyl adjacent to an activating group) is 1. The van der Waals surface area contributed by atoms with Crippen LogP contribution in [-0.2, 0) is 25.0 Å². The third-order valence-electron chi connectivity index (χ3n) is 5.91. The fourth-order valence-corrected chi connectivity index (χ4v) is 6.03. The van der Waals surface area contributed by atoms with Crippen LogP contribution in [0.1, 0.15) is 17.5 Å². The average Bonchev–Trinajstić information content (AvgIpc) is 3.25. The first kappa shape index (κ1) is 22.9. The van der Waals surface area contributed by atoms with Gasteiger partial charge in [-0.05, 0) is 24.6 Å². The Labute approximate surface area is 192 Å². The van der Waals surface area contributed by atoms with Gasteiger partial charge < -0.3 is 10.6 Å². The fourth-order valence-electron chi connectivity index (χ4n) is 4.36. The number of nitrogens with one attached hydrogen (secondary N) is 2. The maximum Gasteiger partial charge on any atom is 0.326 e. The van der Waals surface area contributed by atoms with Gasteiger partial charge in [0.15, 0.2) is 15.4 Å². The molecule has 2 heterocycles. The first-order chi connectivity index (χ1) is 15.7. The van der Waals surface area contributed by atoms with Crippen molar-refractivity contribution in [2.45, 2.75) is 18.0 Å². The number of benzene rings is 2. The summed E-state index contributed by atoms with van der Waals surface area (Å²) >= 11 is 0. The Morgan fingerprint density at radius 3 is 2.18 bits per heavy atom. The molecule has 9 nitrogen and oxygen atoms in total. The van der Waals surface area contributed by atoms with Gasteiger partial charge >= 0.3 is 6.03 Å². The maximum atomic E-state index is 13.7. The number of nitrogens with zero attached hydrogens (tertiary/aromatic N) is 2. The lowest BCUT2D eigenvalue weighted by molar-refractivity contribution is -0.132. The smallest absolute Gasteiger partial charge is 0.326 e. The van der Waals surface area contributed by atoms with Crippen molar-refractivity contribution in [2.24, 2.45) is 0 Å². The predicted octanol–water partition coefficient (Wildman–Crippen LogP) is 0.675. The number of amides is 4. The lowest BCUT2D eigenvalue weighted by atomic mass is 9.83. The zero-order chi connectivity index (χ0) is 23.6. The molecular formula is C23H26N4O5S. The summed E-state index contributed by atoms with van der Waals surface area (Å²) in [7, 11) is -1.48. The van der Waals surface area contributed by atoms with E-state index in [0.717, 1.165) is 4.90 Å². The van der Waals surface area contributed by atoms with Gasteiger partial charge in [-0.2, -0.15) is 0 Å². The molecule has 0 bridgehead atoms. The third-order valence-corrected chi connectivity index (χ3v) is 7.68. The van der Waals surface area contributed by atoms with Crippen LogP contribution in [0.2, 0.25) is 0 Å². The van der Waals surface area contributed by atoms with Crippen LogP contribution in [0.25, 0.3) is 0 Å². The van der Waals surface area contributed by atoms with Crippen molar-refractivity contribution in [1.29, 1.82) is 0 Å². The number of carbonyl (C=O) groups excluding carboxylic acids is 3. The van der Waals surface area contributed by atoms with E-state index in [0.29, 0.717) is 17.5 Å². The summed E-state index contributed by atoms with van der Waals surface area (Å²) in [5.41, 5.74) is -0.0826. The van der Waals surface area contributed by atoms with Gasteiger partial charge in [0.2, 0.25) is 5.91 Å². The number of hydrogen-bond donors (Lipinski definition) is 2. The topological polar surface area (TPSA) is 116 Å².